The zero-order chi connectivity index (χ0) is 13.2. The number of aryl methyl sites for hydroxylation is 1. The lowest BCUT2D eigenvalue weighted by atomic mass is 10.2. The third-order valence-corrected chi connectivity index (χ3v) is 3.82. The number of benzene rings is 2. The van der Waals surface area contributed by atoms with E-state index >= 15 is 0 Å². The first-order valence-corrected chi connectivity index (χ1v) is 6.73. The Morgan fingerprint density at radius 2 is 1.95 bits per heavy atom. The summed E-state index contributed by atoms with van der Waals surface area (Å²) in [7, 11) is 0. The molecule has 0 spiro atoms. The summed E-state index contributed by atoms with van der Waals surface area (Å²) in [5.41, 5.74) is 2.00. The van der Waals surface area contributed by atoms with Crippen LogP contribution >= 0.6 is 11.5 Å². The van der Waals surface area contributed by atoms with E-state index in [9.17, 15) is 4.79 Å². The lowest BCUT2D eigenvalue weighted by Crippen LogP contribution is -2.08. The van der Waals surface area contributed by atoms with Crippen molar-refractivity contribution in [3.63, 3.8) is 0 Å². The number of fused-ring (bicyclic) bond motifs is 1. The molecule has 1 aromatic heterocycles. The highest BCUT2D eigenvalue weighted by molar-refractivity contribution is 7.13. The van der Waals surface area contributed by atoms with Gasteiger partial charge in [-0.1, -0.05) is 42.0 Å². The van der Waals surface area contributed by atoms with Crippen LogP contribution < -0.4 is 5.56 Å². The van der Waals surface area contributed by atoms with E-state index in [1.165, 1.54) is 15.6 Å². The van der Waals surface area contributed by atoms with Crippen LogP contribution in [0, 0.1) is 6.92 Å². The Labute approximate surface area is 114 Å². The second-order valence-corrected chi connectivity index (χ2v) is 5.29. The van der Waals surface area contributed by atoms with E-state index in [0.717, 1.165) is 21.2 Å². The Hall–Kier alpha value is -2.20. The number of nitrogens with zero attached hydrogens (tertiary/aromatic N) is 2. The van der Waals surface area contributed by atoms with Gasteiger partial charge < -0.3 is 0 Å². The Morgan fingerprint density at radius 3 is 2.74 bits per heavy atom. The topological polar surface area (TPSA) is 34.4 Å². The van der Waals surface area contributed by atoms with Gasteiger partial charge >= 0.3 is 0 Å². The van der Waals surface area contributed by atoms with Crippen LogP contribution in [-0.2, 0) is 0 Å². The summed E-state index contributed by atoms with van der Waals surface area (Å²) in [4.78, 5) is 12.2. The first kappa shape index (κ1) is 11.9. The summed E-state index contributed by atoms with van der Waals surface area (Å²) < 4.78 is 2.39. The Balaban J connectivity index is 2.05. The van der Waals surface area contributed by atoms with Crippen LogP contribution in [0.4, 0.5) is 0 Å². The maximum absolute atomic E-state index is 12.2. The van der Waals surface area contributed by atoms with Gasteiger partial charge in [-0.3, -0.25) is 4.79 Å². The van der Waals surface area contributed by atoms with E-state index in [-0.39, 0.29) is 5.56 Å². The third kappa shape index (κ3) is 2.35. The van der Waals surface area contributed by atoms with Gasteiger partial charge in [0.05, 0.1) is 16.3 Å². The standard InChI is InChI=1S/C15H12N2OS/c1-11-7-8-14-13(9-11)15(18)17(19-14)16-10-12-5-3-2-4-6-12/h2-10H,1H3/b16-10+. The minimum atomic E-state index is -0.0594. The van der Waals surface area contributed by atoms with E-state index in [1.54, 1.807) is 6.21 Å². The molecule has 0 amide bonds. The van der Waals surface area contributed by atoms with Crippen LogP contribution in [0.25, 0.3) is 10.1 Å². The molecule has 0 N–H and O–H groups in total. The van der Waals surface area contributed by atoms with Crippen molar-refractivity contribution in [2.75, 3.05) is 0 Å². The molecule has 3 aromatic rings. The molecular formula is C15H12N2OS. The minimum absolute atomic E-state index is 0.0594. The molecule has 19 heavy (non-hydrogen) atoms. The van der Waals surface area contributed by atoms with Crippen LogP contribution in [-0.4, -0.2) is 10.3 Å². The van der Waals surface area contributed by atoms with E-state index in [4.69, 9.17) is 0 Å². The summed E-state index contributed by atoms with van der Waals surface area (Å²) >= 11 is 1.36. The zero-order valence-electron chi connectivity index (χ0n) is 10.4. The number of hydrogen-bond acceptors (Lipinski definition) is 3. The van der Waals surface area contributed by atoms with Crippen LogP contribution in [0.1, 0.15) is 11.1 Å². The van der Waals surface area contributed by atoms with Crippen molar-refractivity contribution in [2.45, 2.75) is 6.92 Å². The maximum atomic E-state index is 12.2. The minimum Gasteiger partial charge on any atom is -0.266 e. The second kappa shape index (κ2) is 4.82. The fourth-order valence-corrected chi connectivity index (χ4v) is 2.70. The first-order valence-electron chi connectivity index (χ1n) is 5.96. The third-order valence-electron chi connectivity index (χ3n) is 2.84. The van der Waals surface area contributed by atoms with Gasteiger partial charge in [0.15, 0.2) is 0 Å². The normalized spacial score (nSPS) is 11.4. The lowest BCUT2D eigenvalue weighted by molar-refractivity contribution is 0.953. The summed E-state index contributed by atoms with van der Waals surface area (Å²) in [6.45, 7) is 1.98. The molecule has 0 aliphatic rings. The van der Waals surface area contributed by atoms with Crippen molar-refractivity contribution in [1.29, 1.82) is 0 Å². The summed E-state index contributed by atoms with van der Waals surface area (Å²) in [5, 5.41) is 4.97. The predicted octanol–water partition coefficient (Wildman–Crippen LogP) is 3.25. The van der Waals surface area contributed by atoms with Gasteiger partial charge in [0.2, 0.25) is 0 Å². The monoisotopic (exact) mass is 268 g/mol. The first-order chi connectivity index (χ1) is 9.24. The van der Waals surface area contributed by atoms with Crippen LogP contribution in [0.5, 0.6) is 0 Å². The maximum Gasteiger partial charge on any atom is 0.289 e. The number of hydrogen-bond donors (Lipinski definition) is 0. The average Bonchev–Trinajstić information content (AvgIpc) is 2.74. The summed E-state index contributed by atoms with van der Waals surface area (Å²) in [6.07, 6.45) is 1.70. The van der Waals surface area contributed by atoms with Gasteiger partial charge in [0.1, 0.15) is 0 Å². The van der Waals surface area contributed by atoms with Crippen molar-refractivity contribution in [3.05, 3.63) is 70.0 Å². The fraction of sp³-hybridized carbons (Fsp3) is 0.0667. The smallest absolute Gasteiger partial charge is 0.266 e. The molecule has 0 saturated carbocycles. The van der Waals surface area contributed by atoms with E-state index in [1.807, 2.05) is 55.5 Å². The number of rotatable bonds is 2. The highest BCUT2D eigenvalue weighted by Gasteiger charge is 2.06. The highest BCUT2D eigenvalue weighted by atomic mass is 32.1. The van der Waals surface area contributed by atoms with Crippen molar-refractivity contribution in [1.82, 2.24) is 4.07 Å². The van der Waals surface area contributed by atoms with Gasteiger partial charge in [-0.15, -0.1) is 4.07 Å². The zero-order valence-corrected chi connectivity index (χ0v) is 11.2. The van der Waals surface area contributed by atoms with Gasteiger partial charge in [-0.25, -0.2) is 0 Å². The molecule has 0 fully saturated rings. The molecule has 94 valence electrons. The van der Waals surface area contributed by atoms with Crippen molar-refractivity contribution < 1.29 is 0 Å². The Bertz CT molecular complexity index is 800. The molecule has 0 aliphatic carbocycles. The predicted molar refractivity (Wildman–Crippen MR) is 80.3 cm³/mol. The van der Waals surface area contributed by atoms with Crippen molar-refractivity contribution in [2.24, 2.45) is 5.10 Å². The van der Waals surface area contributed by atoms with E-state index in [2.05, 4.69) is 5.10 Å². The van der Waals surface area contributed by atoms with Crippen molar-refractivity contribution in [3.8, 4) is 0 Å². The van der Waals surface area contributed by atoms with E-state index < -0.39 is 0 Å². The molecule has 3 nitrogen and oxygen atoms in total. The highest BCUT2D eigenvalue weighted by Crippen LogP contribution is 2.17. The molecule has 4 heteroatoms. The molecular weight excluding hydrogens is 256 g/mol. The van der Waals surface area contributed by atoms with Gasteiger partial charge in [0.25, 0.3) is 5.56 Å². The molecule has 0 aliphatic heterocycles. The largest absolute Gasteiger partial charge is 0.289 e. The molecule has 0 unspecified atom stereocenters. The van der Waals surface area contributed by atoms with Gasteiger partial charge in [-0.05, 0) is 36.2 Å². The summed E-state index contributed by atoms with van der Waals surface area (Å²) in [6, 6.07) is 15.6. The molecule has 1 heterocycles. The van der Waals surface area contributed by atoms with Crippen LogP contribution in [0.15, 0.2) is 58.4 Å². The molecule has 3 rings (SSSR count). The van der Waals surface area contributed by atoms with E-state index in [0.29, 0.717) is 0 Å². The second-order valence-electron chi connectivity index (χ2n) is 4.32. The number of aromatic nitrogens is 1. The molecule has 2 aromatic carbocycles. The Kier molecular flexibility index (Phi) is 3.01. The molecule has 0 radical (unpaired) electrons. The van der Waals surface area contributed by atoms with Gasteiger partial charge in [-0.2, -0.15) is 5.10 Å². The Morgan fingerprint density at radius 1 is 1.16 bits per heavy atom. The average molecular weight is 268 g/mol. The SMILES string of the molecule is Cc1ccc2sn(/N=C/c3ccccc3)c(=O)c2c1. The quantitative estimate of drug-likeness (QED) is 0.657. The fourth-order valence-electron chi connectivity index (χ4n) is 1.86. The summed E-state index contributed by atoms with van der Waals surface area (Å²) in [5.74, 6) is 0. The van der Waals surface area contributed by atoms with Gasteiger partial charge in [0, 0.05) is 0 Å². The molecule has 0 saturated heterocycles. The van der Waals surface area contributed by atoms with Crippen LogP contribution in [0.3, 0.4) is 0 Å². The van der Waals surface area contributed by atoms with Crippen LogP contribution in [0.2, 0.25) is 0 Å². The molecule has 0 atom stereocenters. The van der Waals surface area contributed by atoms with Crippen molar-refractivity contribution >= 4 is 27.8 Å². The molecule has 0 bridgehead atoms. The lowest BCUT2D eigenvalue weighted by Gasteiger charge is -1.90.